The molecule has 160 valence electrons. The highest BCUT2D eigenvalue weighted by molar-refractivity contribution is 5.80. The number of hydrogen-bond acceptors (Lipinski definition) is 3. The average molecular weight is 401 g/mol. The molecule has 1 aromatic rings. The van der Waals surface area contributed by atoms with Crippen LogP contribution >= 0.6 is 0 Å². The first kappa shape index (κ1) is 21.8. The van der Waals surface area contributed by atoms with Crippen molar-refractivity contribution in [3.05, 3.63) is 35.9 Å². The van der Waals surface area contributed by atoms with E-state index in [1.54, 1.807) is 0 Å². The fourth-order valence-electron chi connectivity index (χ4n) is 4.50. The molecule has 0 spiro atoms. The second-order valence-electron chi connectivity index (χ2n) is 8.60. The summed E-state index contributed by atoms with van der Waals surface area (Å²) in [6.45, 7) is 4.80. The topological polar surface area (TPSA) is 58.6 Å². The number of piperidine rings is 1. The van der Waals surface area contributed by atoms with Gasteiger partial charge in [-0.05, 0) is 43.6 Å². The van der Waals surface area contributed by atoms with Crippen LogP contribution in [0.25, 0.3) is 0 Å². The summed E-state index contributed by atoms with van der Waals surface area (Å²) in [4.78, 5) is 26.8. The molecule has 1 saturated carbocycles. The van der Waals surface area contributed by atoms with Gasteiger partial charge in [-0.25, -0.2) is 0 Å². The molecule has 29 heavy (non-hydrogen) atoms. The number of nitrogens with one attached hydrogen (secondary N) is 1. The molecule has 2 fully saturated rings. The maximum absolute atomic E-state index is 12.4. The molecule has 1 saturated heterocycles. The van der Waals surface area contributed by atoms with Crippen LogP contribution in [0.3, 0.4) is 0 Å². The van der Waals surface area contributed by atoms with Gasteiger partial charge >= 0.3 is 0 Å². The molecular weight excluding hydrogens is 364 g/mol. The highest BCUT2D eigenvalue weighted by Crippen LogP contribution is 2.26. The van der Waals surface area contributed by atoms with Crippen molar-refractivity contribution in [1.82, 2.24) is 10.2 Å². The van der Waals surface area contributed by atoms with Crippen LogP contribution in [-0.2, 0) is 20.7 Å². The van der Waals surface area contributed by atoms with E-state index in [1.165, 1.54) is 24.8 Å². The number of carbonyl (C=O) groups is 2. The molecule has 0 aromatic heterocycles. The van der Waals surface area contributed by atoms with Crippen LogP contribution < -0.4 is 5.32 Å². The van der Waals surface area contributed by atoms with Gasteiger partial charge in [-0.1, -0.05) is 50.1 Å². The van der Waals surface area contributed by atoms with Crippen LogP contribution in [0, 0.1) is 11.8 Å². The van der Waals surface area contributed by atoms with Gasteiger partial charge < -0.3 is 15.0 Å². The highest BCUT2D eigenvalue weighted by atomic mass is 16.5. The predicted molar refractivity (Wildman–Crippen MR) is 114 cm³/mol. The normalized spacial score (nSPS) is 23.0. The van der Waals surface area contributed by atoms with E-state index in [0.29, 0.717) is 44.7 Å². The molecule has 1 N–H and O–H groups in total. The molecule has 2 amide bonds. The fraction of sp³-hybridized carbons (Fsp3) is 0.667. The van der Waals surface area contributed by atoms with Crippen LogP contribution in [0.1, 0.15) is 57.4 Å². The third kappa shape index (κ3) is 6.84. The highest BCUT2D eigenvalue weighted by Gasteiger charge is 2.27. The zero-order chi connectivity index (χ0) is 20.5. The summed E-state index contributed by atoms with van der Waals surface area (Å²) < 4.78 is 5.98. The van der Waals surface area contributed by atoms with E-state index in [-0.39, 0.29) is 17.7 Å². The van der Waals surface area contributed by atoms with E-state index in [2.05, 4.69) is 24.4 Å². The van der Waals surface area contributed by atoms with Crippen molar-refractivity contribution >= 4 is 11.8 Å². The first-order chi connectivity index (χ1) is 14.1. The minimum atomic E-state index is 0.0155. The molecule has 5 heteroatoms. The lowest BCUT2D eigenvalue weighted by atomic mass is 9.88. The van der Waals surface area contributed by atoms with Gasteiger partial charge in [0, 0.05) is 32.0 Å². The Balaban J connectivity index is 1.29. The lowest BCUT2D eigenvalue weighted by Crippen LogP contribution is -2.43. The lowest BCUT2D eigenvalue weighted by molar-refractivity contribution is -0.135. The van der Waals surface area contributed by atoms with Gasteiger partial charge in [0.1, 0.15) is 0 Å². The third-order valence-corrected chi connectivity index (χ3v) is 6.45. The molecule has 2 atom stereocenters. The SMILES string of the molecule is CC1CCCCC1OCCNC(=O)C1CCN(C(=O)CCc2ccccc2)CC1. The molecule has 2 unspecified atom stereocenters. The standard InChI is InChI=1S/C24H36N2O3/c1-19-7-5-6-10-22(19)29-18-15-25-24(28)21-13-16-26(17-14-21)23(27)12-11-20-8-3-2-4-9-20/h2-4,8-9,19,21-22H,5-7,10-18H2,1H3,(H,25,28). The molecule has 2 aliphatic rings. The maximum atomic E-state index is 12.4. The summed E-state index contributed by atoms with van der Waals surface area (Å²) in [5.41, 5.74) is 1.19. The quantitative estimate of drug-likeness (QED) is 0.679. The summed E-state index contributed by atoms with van der Waals surface area (Å²) in [5, 5.41) is 3.03. The van der Waals surface area contributed by atoms with Crippen LogP contribution in [0.2, 0.25) is 0 Å². The van der Waals surface area contributed by atoms with E-state index in [1.807, 2.05) is 23.1 Å². The Morgan fingerprint density at radius 1 is 1.07 bits per heavy atom. The summed E-state index contributed by atoms with van der Waals surface area (Å²) >= 11 is 0. The van der Waals surface area contributed by atoms with Crippen molar-refractivity contribution < 1.29 is 14.3 Å². The molecular formula is C24H36N2O3. The number of nitrogens with zero attached hydrogens (tertiary/aromatic N) is 1. The molecule has 1 aliphatic carbocycles. The summed E-state index contributed by atoms with van der Waals surface area (Å²) in [7, 11) is 0. The largest absolute Gasteiger partial charge is 0.376 e. The van der Waals surface area contributed by atoms with Gasteiger partial charge in [0.05, 0.1) is 12.7 Å². The van der Waals surface area contributed by atoms with Crippen LogP contribution in [-0.4, -0.2) is 49.1 Å². The summed E-state index contributed by atoms with van der Waals surface area (Å²) in [6.07, 6.45) is 8.14. The molecule has 3 rings (SSSR count). The second-order valence-corrected chi connectivity index (χ2v) is 8.60. The van der Waals surface area contributed by atoms with E-state index in [0.717, 1.165) is 25.7 Å². The Bertz CT molecular complexity index is 641. The fourth-order valence-corrected chi connectivity index (χ4v) is 4.50. The van der Waals surface area contributed by atoms with Crippen molar-refractivity contribution in [2.75, 3.05) is 26.2 Å². The number of likely N-dealkylation sites (tertiary alicyclic amines) is 1. The number of benzene rings is 1. The monoisotopic (exact) mass is 400 g/mol. The average Bonchev–Trinajstić information content (AvgIpc) is 2.77. The van der Waals surface area contributed by atoms with Gasteiger partial charge in [0.2, 0.25) is 11.8 Å². The molecule has 1 heterocycles. The Labute approximate surface area is 175 Å². The minimum absolute atomic E-state index is 0.0155. The van der Waals surface area contributed by atoms with Gasteiger partial charge in [-0.2, -0.15) is 0 Å². The zero-order valence-corrected chi connectivity index (χ0v) is 17.8. The number of carbonyl (C=O) groups excluding carboxylic acids is 2. The Kier molecular flexibility index (Phi) is 8.53. The van der Waals surface area contributed by atoms with Crippen LogP contribution in [0.5, 0.6) is 0 Å². The molecule has 0 bridgehead atoms. The Hall–Kier alpha value is -1.88. The van der Waals surface area contributed by atoms with E-state index < -0.39 is 0 Å². The smallest absolute Gasteiger partial charge is 0.223 e. The Morgan fingerprint density at radius 3 is 2.52 bits per heavy atom. The van der Waals surface area contributed by atoms with E-state index >= 15 is 0 Å². The maximum Gasteiger partial charge on any atom is 0.223 e. The number of hydrogen-bond donors (Lipinski definition) is 1. The molecule has 1 aromatic carbocycles. The van der Waals surface area contributed by atoms with E-state index in [4.69, 9.17) is 4.74 Å². The first-order valence-electron chi connectivity index (χ1n) is 11.3. The molecule has 5 nitrogen and oxygen atoms in total. The first-order valence-corrected chi connectivity index (χ1v) is 11.3. The zero-order valence-electron chi connectivity index (χ0n) is 17.8. The van der Waals surface area contributed by atoms with E-state index in [9.17, 15) is 9.59 Å². The number of ether oxygens (including phenoxy) is 1. The Morgan fingerprint density at radius 2 is 1.79 bits per heavy atom. The van der Waals surface area contributed by atoms with Gasteiger partial charge in [0.25, 0.3) is 0 Å². The minimum Gasteiger partial charge on any atom is -0.376 e. The predicted octanol–water partition coefficient (Wildman–Crippen LogP) is 3.57. The van der Waals surface area contributed by atoms with Crippen molar-refractivity contribution in [3.8, 4) is 0 Å². The number of aryl methyl sites for hydroxylation is 1. The van der Waals surface area contributed by atoms with Gasteiger partial charge in [-0.3, -0.25) is 9.59 Å². The summed E-state index contributed by atoms with van der Waals surface area (Å²) in [6, 6.07) is 10.1. The van der Waals surface area contributed by atoms with Crippen LogP contribution in [0.15, 0.2) is 30.3 Å². The van der Waals surface area contributed by atoms with Gasteiger partial charge in [-0.15, -0.1) is 0 Å². The van der Waals surface area contributed by atoms with Gasteiger partial charge in [0.15, 0.2) is 0 Å². The lowest BCUT2D eigenvalue weighted by Gasteiger charge is -2.31. The molecule has 0 radical (unpaired) electrons. The van der Waals surface area contributed by atoms with Crippen molar-refractivity contribution in [2.45, 2.75) is 64.4 Å². The number of rotatable bonds is 8. The van der Waals surface area contributed by atoms with Crippen molar-refractivity contribution in [3.63, 3.8) is 0 Å². The third-order valence-electron chi connectivity index (χ3n) is 6.45. The van der Waals surface area contributed by atoms with Crippen molar-refractivity contribution in [2.24, 2.45) is 11.8 Å². The van der Waals surface area contributed by atoms with Crippen LogP contribution in [0.4, 0.5) is 0 Å². The summed E-state index contributed by atoms with van der Waals surface area (Å²) in [5.74, 6) is 0.953. The molecule has 1 aliphatic heterocycles. The second kappa shape index (κ2) is 11.3. The van der Waals surface area contributed by atoms with Crippen molar-refractivity contribution in [1.29, 1.82) is 0 Å². The number of amides is 2.